The van der Waals surface area contributed by atoms with Crippen LogP contribution in [-0.4, -0.2) is 21.0 Å². The van der Waals surface area contributed by atoms with Crippen LogP contribution in [-0.2, 0) is 11.2 Å². The number of para-hydroxylation sites is 1. The molecule has 3 aromatic carbocycles. The Hall–Kier alpha value is -2.05. The second-order valence-electron chi connectivity index (χ2n) is 6.32. The largest absolute Gasteiger partial charge is 0.339 e. The SMILES string of the molecule is O=C(Cc1cccc2ccccc12)N[C@@H](NC(=S)Nc1ccccc1)C(Cl)(Cl)Cl. The van der Waals surface area contributed by atoms with Crippen LogP contribution < -0.4 is 16.0 Å². The lowest BCUT2D eigenvalue weighted by Crippen LogP contribution is -2.56. The van der Waals surface area contributed by atoms with Gasteiger partial charge in [-0.05, 0) is 40.7 Å². The quantitative estimate of drug-likeness (QED) is 0.275. The predicted molar refractivity (Wildman–Crippen MR) is 126 cm³/mol. The fourth-order valence-electron chi connectivity index (χ4n) is 2.85. The Balaban J connectivity index is 1.68. The molecule has 0 fully saturated rings. The highest BCUT2D eigenvalue weighted by Gasteiger charge is 2.34. The lowest BCUT2D eigenvalue weighted by atomic mass is 10.0. The van der Waals surface area contributed by atoms with E-state index in [0.29, 0.717) is 0 Å². The van der Waals surface area contributed by atoms with E-state index < -0.39 is 9.96 Å². The highest BCUT2D eigenvalue weighted by atomic mass is 35.6. The van der Waals surface area contributed by atoms with E-state index in [1.54, 1.807) is 0 Å². The summed E-state index contributed by atoms with van der Waals surface area (Å²) in [5.41, 5.74) is 1.66. The Morgan fingerprint density at radius 2 is 1.55 bits per heavy atom. The summed E-state index contributed by atoms with van der Waals surface area (Å²) in [4.78, 5) is 12.7. The molecule has 0 aliphatic heterocycles. The summed E-state index contributed by atoms with van der Waals surface area (Å²) in [6.45, 7) is 0. The van der Waals surface area contributed by atoms with Crippen molar-refractivity contribution < 1.29 is 4.79 Å². The van der Waals surface area contributed by atoms with Crippen LogP contribution in [0.5, 0.6) is 0 Å². The van der Waals surface area contributed by atoms with Gasteiger partial charge in [-0.1, -0.05) is 95.5 Å². The molecule has 3 rings (SSSR count). The summed E-state index contributed by atoms with van der Waals surface area (Å²) < 4.78 is -1.81. The monoisotopic (exact) mass is 465 g/mol. The molecule has 0 aromatic heterocycles. The Morgan fingerprint density at radius 1 is 0.897 bits per heavy atom. The van der Waals surface area contributed by atoms with Crippen molar-refractivity contribution in [3.63, 3.8) is 0 Å². The van der Waals surface area contributed by atoms with Crippen molar-refractivity contribution in [3.8, 4) is 0 Å². The van der Waals surface area contributed by atoms with Crippen LogP contribution in [0.4, 0.5) is 5.69 Å². The van der Waals surface area contributed by atoms with Crippen LogP contribution >= 0.6 is 47.0 Å². The minimum absolute atomic E-state index is 0.138. The Labute approximate surface area is 189 Å². The molecule has 0 heterocycles. The zero-order valence-corrected chi connectivity index (χ0v) is 18.2. The number of halogens is 3. The summed E-state index contributed by atoms with van der Waals surface area (Å²) >= 11 is 23.4. The van der Waals surface area contributed by atoms with Gasteiger partial charge in [0.05, 0.1) is 6.42 Å². The molecule has 8 heteroatoms. The molecule has 0 bridgehead atoms. The van der Waals surface area contributed by atoms with Gasteiger partial charge in [-0.15, -0.1) is 0 Å². The first-order valence-electron chi connectivity index (χ1n) is 8.78. The smallest absolute Gasteiger partial charge is 0.228 e. The van der Waals surface area contributed by atoms with Gasteiger partial charge >= 0.3 is 0 Å². The average molecular weight is 467 g/mol. The zero-order valence-electron chi connectivity index (χ0n) is 15.2. The molecule has 1 atom stereocenters. The summed E-state index contributed by atoms with van der Waals surface area (Å²) in [5.74, 6) is -0.298. The third kappa shape index (κ3) is 6.21. The summed E-state index contributed by atoms with van der Waals surface area (Å²) in [5, 5.41) is 10.8. The topological polar surface area (TPSA) is 53.2 Å². The molecule has 0 spiro atoms. The Bertz CT molecular complexity index is 1000. The maximum atomic E-state index is 12.7. The summed E-state index contributed by atoms with van der Waals surface area (Å²) in [7, 11) is 0. The van der Waals surface area contributed by atoms with E-state index in [4.69, 9.17) is 47.0 Å². The van der Waals surface area contributed by atoms with Gasteiger partial charge < -0.3 is 16.0 Å². The van der Waals surface area contributed by atoms with Gasteiger partial charge in [0.15, 0.2) is 5.11 Å². The summed E-state index contributed by atoms with van der Waals surface area (Å²) in [6, 6.07) is 23.0. The number of rotatable bonds is 5. The molecule has 150 valence electrons. The molecule has 0 radical (unpaired) electrons. The molecule has 3 N–H and O–H groups in total. The number of amides is 1. The molecular weight excluding hydrogens is 449 g/mol. The number of alkyl halides is 3. The van der Waals surface area contributed by atoms with Crippen LogP contribution in [0.15, 0.2) is 72.8 Å². The first-order valence-corrected chi connectivity index (χ1v) is 10.3. The number of hydrogen-bond acceptors (Lipinski definition) is 2. The molecule has 0 saturated carbocycles. The maximum absolute atomic E-state index is 12.7. The predicted octanol–water partition coefficient (Wildman–Crippen LogP) is 5.18. The lowest BCUT2D eigenvalue weighted by molar-refractivity contribution is -0.121. The van der Waals surface area contributed by atoms with Crippen LogP contribution in [0.1, 0.15) is 5.56 Å². The van der Waals surface area contributed by atoms with Gasteiger partial charge in [-0.25, -0.2) is 0 Å². The minimum atomic E-state index is -1.81. The van der Waals surface area contributed by atoms with E-state index in [0.717, 1.165) is 22.0 Å². The molecule has 1 amide bonds. The second-order valence-corrected chi connectivity index (χ2v) is 9.10. The Kier molecular flexibility index (Phi) is 7.19. The number of fused-ring (bicyclic) bond motifs is 1. The molecular formula is C21H18Cl3N3OS. The van der Waals surface area contributed by atoms with E-state index in [-0.39, 0.29) is 17.4 Å². The van der Waals surface area contributed by atoms with Gasteiger partial charge in [-0.3, -0.25) is 4.79 Å². The van der Waals surface area contributed by atoms with Gasteiger partial charge in [0.1, 0.15) is 6.17 Å². The van der Waals surface area contributed by atoms with Crippen molar-refractivity contribution in [2.75, 3.05) is 5.32 Å². The maximum Gasteiger partial charge on any atom is 0.228 e. The van der Waals surface area contributed by atoms with Crippen molar-refractivity contribution in [1.82, 2.24) is 10.6 Å². The van der Waals surface area contributed by atoms with Crippen molar-refractivity contribution in [1.29, 1.82) is 0 Å². The lowest BCUT2D eigenvalue weighted by Gasteiger charge is -2.28. The first-order chi connectivity index (χ1) is 13.8. The van der Waals surface area contributed by atoms with Gasteiger partial charge in [0.2, 0.25) is 9.70 Å². The number of nitrogens with one attached hydrogen (secondary N) is 3. The standard InChI is InChI=1S/C21H18Cl3N3OS/c22-21(23,24)19(27-20(29)25-16-10-2-1-3-11-16)26-18(28)13-15-9-6-8-14-7-4-5-12-17(14)15/h1-12,19H,13H2,(H,26,28)(H2,25,27,29)/t19-/m0/s1. The van der Waals surface area contributed by atoms with E-state index in [9.17, 15) is 4.79 Å². The highest BCUT2D eigenvalue weighted by Crippen LogP contribution is 2.29. The third-order valence-corrected chi connectivity index (χ3v) is 5.05. The number of thiocarbonyl (C=S) groups is 1. The number of anilines is 1. The van der Waals surface area contributed by atoms with Crippen molar-refractivity contribution in [2.45, 2.75) is 16.4 Å². The van der Waals surface area contributed by atoms with Crippen molar-refractivity contribution >= 4 is 74.5 Å². The van der Waals surface area contributed by atoms with Crippen LogP contribution in [0.2, 0.25) is 0 Å². The fraction of sp³-hybridized carbons (Fsp3) is 0.143. The van der Waals surface area contributed by atoms with E-state index in [2.05, 4.69) is 16.0 Å². The fourth-order valence-corrected chi connectivity index (χ4v) is 3.41. The highest BCUT2D eigenvalue weighted by molar-refractivity contribution is 7.80. The molecule has 0 aliphatic rings. The van der Waals surface area contributed by atoms with E-state index >= 15 is 0 Å². The molecule has 0 saturated heterocycles. The van der Waals surface area contributed by atoms with E-state index in [1.165, 1.54) is 0 Å². The molecule has 4 nitrogen and oxygen atoms in total. The average Bonchev–Trinajstić information content (AvgIpc) is 2.68. The molecule has 0 aliphatic carbocycles. The van der Waals surface area contributed by atoms with Crippen LogP contribution in [0.25, 0.3) is 10.8 Å². The third-order valence-electron chi connectivity index (χ3n) is 4.17. The number of hydrogen-bond donors (Lipinski definition) is 3. The van der Waals surface area contributed by atoms with Crippen LogP contribution in [0, 0.1) is 0 Å². The Morgan fingerprint density at radius 3 is 2.28 bits per heavy atom. The number of carbonyl (C=O) groups is 1. The van der Waals surface area contributed by atoms with Crippen molar-refractivity contribution in [3.05, 3.63) is 78.4 Å². The number of benzene rings is 3. The molecule has 3 aromatic rings. The first kappa shape index (κ1) is 21.7. The zero-order chi connectivity index (χ0) is 20.9. The second kappa shape index (κ2) is 9.63. The van der Waals surface area contributed by atoms with Crippen molar-refractivity contribution in [2.24, 2.45) is 0 Å². The van der Waals surface area contributed by atoms with Crippen LogP contribution in [0.3, 0.4) is 0 Å². The van der Waals surface area contributed by atoms with Gasteiger partial charge in [-0.2, -0.15) is 0 Å². The van der Waals surface area contributed by atoms with Gasteiger partial charge in [0, 0.05) is 5.69 Å². The molecule has 0 unspecified atom stereocenters. The van der Waals surface area contributed by atoms with Gasteiger partial charge in [0.25, 0.3) is 0 Å². The summed E-state index contributed by atoms with van der Waals surface area (Å²) in [6.07, 6.45) is -0.877. The van der Waals surface area contributed by atoms with E-state index in [1.807, 2.05) is 72.8 Å². The minimum Gasteiger partial charge on any atom is -0.339 e. The molecule has 29 heavy (non-hydrogen) atoms. The normalized spacial score (nSPS) is 12.2. The number of carbonyl (C=O) groups excluding carboxylic acids is 1.